The molecule has 1 aromatic carbocycles. The highest BCUT2D eigenvalue weighted by Gasteiger charge is 2.11. The fourth-order valence-corrected chi connectivity index (χ4v) is 2.16. The van der Waals surface area contributed by atoms with Crippen molar-refractivity contribution in [2.45, 2.75) is 20.8 Å². The molecule has 0 aliphatic rings. The summed E-state index contributed by atoms with van der Waals surface area (Å²) in [6, 6.07) is 4.11. The number of rotatable bonds is 2. The highest BCUT2D eigenvalue weighted by molar-refractivity contribution is 5.69. The summed E-state index contributed by atoms with van der Waals surface area (Å²) < 4.78 is 5.36. The Kier molecular flexibility index (Phi) is 3.19. The molecule has 0 aliphatic carbocycles. The topological polar surface area (TPSA) is 61.0 Å². The van der Waals surface area contributed by atoms with Gasteiger partial charge in [-0.25, -0.2) is 9.97 Å². The summed E-state index contributed by atoms with van der Waals surface area (Å²) in [5.41, 5.74) is 10.8. The van der Waals surface area contributed by atoms with Gasteiger partial charge in [-0.2, -0.15) is 0 Å². The van der Waals surface area contributed by atoms with Gasteiger partial charge in [-0.05, 0) is 44.0 Å². The molecule has 1 aromatic heterocycles. The number of aryl methyl sites for hydroxylation is 2. The lowest BCUT2D eigenvalue weighted by molar-refractivity contribution is 0.408. The average molecular weight is 243 g/mol. The molecule has 0 saturated carbocycles. The van der Waals surface area contributed by atoms with Crippen molar-refractivity contribution in [3.8, 4) is 17.0 Å². The van der Waals surface area contributed by atoms with Gasteiger partial charge in [-0.15, -0.1) is 0 Å². The predicted octanol–water partition coefficient (Wildman–Crippen LogP) is 2.66. The van der Waals surface area contributed by atoms with E-state index in [1.165, 1.54) is 6.33 Å². The van der Waals surface area contributed by atoms with Gasteiger partial charge >= 0.3 is 0 Å². The molecule has 0 saturated heterocycles. The van der Waals surface area contributed by atoms with Crippen LogP contribution in [0.25, 0.3) is 11.3 Å². The second kappa shape index (κ2) is 4.64. The quantitative estimate of drug-likeness (QED) is 0.880. The molecular weight excluding hydrogens is 226 g/mol. The smallest absolute Gasteiger partial charge is 0.130 e. The summed E-state index contributed by atoms with van der Waals surface area (Å²) in [4.78, 5) is 8.30. The third-order valence-corrected chi connectivity index (χ3v) is 3.06. The van der Waals surface area contributed by atoms with Crippen LogP contribution in [0, 0.1) is 20.8 Å². The van der Waals surface area contributed by atoms with Crippen LogP contribution in [0.1, 0.15) is 16.7 Å². The van der Waals surface area contributed by atoms with E-state index in [1.807, 2.05) is 20.8 Å². The molecule has 0 fully saturated rings. The lowest BCUT2D eigenvalue weighted by Crippen LogP contribution is -1.99. The van der Waals surface area contributed by atoms with Gasteiger partial charge in [-0.3, -0.25) is 0 Å². The number of hydrogen-bond acceptors (Lipinski definition) is 4. The maximum atomic E-state index is 5.81. The van der Waals surface area contributed by atoms with E-state index in [4.69, 9.17) is 10.5 Å². The average Bonchev–Trinajstić information content (AvgIpc) is 2.32. The number of hydrogen-bond donors (Lipinski definition) is 1. The molecule has 0 radical (unpaired) electrons. The van der Waals surface area contributed by atoms with Crippen molar-refractivity contribution in [3.63, 3.8) is 0 Å². The molecule has 0 spiro atoms. The molecule has 1 heterocycles. The Morgan fingerprint density at radius 2 is 1.67 bits per heavy atom. The number of aromatic nitrogens is 2. The second-order valence-corrected chi connectivity index (χ2v) is 4.38. The van der Waals surface area contributed by atoms with Gasteiger partial charge < -0.3 is 10.5 Å². The van der Waals surface area contributed by atoms with Crippen molar-refractivity contribution < 1.29 is 4.74 Å². The Morgan fingerprint density at radius 3 is 2.22 bits per heavy atom. The van der Waals surface area contributed by atoms with E-state index < -0.39 is 0 Å². The SMILES string of the molecule is COc1c(C)cc(-c2ncnc(N)c2C)cc1C. The molecule has 94 valence electrons. The van der Waals surface area contributed by atoms with Crippen molar-refractivity contribution in [1.82, 2.24) is 9.97 Å². The van der Waals surface area contributed by atoms with Gasteiger partial charge in [0, 0.05) is 11.1 Å². The number of nitrogens with two attached hydrogens (primary N) is 1. The van der Waals surface area contributed by atoms with Crippen LogP contribution in [0.15, 0.2) is 18.5 Å². The van der Waals surface area contributed by atoms with Gasteiger partial charge in [0.1, 0.15) is 17.9 Å². The third-order valence-electron chi connectivity index (χ3n) is 3.06. The Morgan fingerprint density at radius 1 is 1.06 bits per heavy atom. The van der Waals surface area contributed by atoms with E-state index in [-0.39, 0.29) is 0 Å². The van der Waals surface area contributed by atoms with E-state index >= 15 is 0 Å². The molecule has 2 aromatic rings. The zero-order valence-electron chi connectivity index (χ0n) is 11.1. The fourth-order valence-electron chi connectivity index (χ4n) is 2.16. The van der Waals surface area contributed by atoms with Crippen LogP contribution in [0.2, 0.25) is 0 Å². The van der Waals surface area contributed by atoms with Gasteiger partial charge in [0.15, 0.2) is 0 Å². The first-order valence-corrected chi connectivity index (χ1v) is 5.77. The molecule has 0 unspecified atom stereocenters. The number of nitrogen functional groups attached to an aromatic ring is 1. The minimum absolute atomic E-state index is 0.520. The van der Waals surface area contributed by atoms with E-state index in [0.717, 1.165) is 33.7 Å². The van der Waals surface area contributed by atoms with Crippen LogP contribution in [0.4, 0.5) is 5.82 Å². The molecule has 2 N–H and O–H groups in total. The van der Waals surface area contributed by atoms with Crippen LogP contribution in [-0.4, -0.2) is 17.1 Å². The van der Waals surface area contributed by atoms with Crippen LogP contribution < -0.4 is 10.5 Å². The summed E-state index contributed by atoms with van der Waals surface area (Å²) in [7, 11) is 1.68. The largest absolute Gasteiger partial charge is 0.496 e. The fraction of sp³-hybridized carbons (Fsp3) is 0.286. The summed E-state index contributed by atoms with van der Waals surface area (Å²) in [5.74, 6) is 1.43. The Labute approximate surface area is 107 Å². The maximum Gasteiger partial charge on any atom is 0.130 e. The van der Waals surface area contributed by atoms with Crippen molar-refractivity contribution in [2.24, 2.45) is 0 Å². The Bertz CT molecular complexity index is 571. The maximum absolute atomic E-state index is 5.81. The first-order valence-electron chi connectivity index (χ1n) is 5.77. The highest BCUT2D eigenvalue weighted by atomic mass is 16.5. The number of ether oxygens (including phenoxy) is 1. The van der Waals surface area contributed by atoms with E-state index in [9.17, 15) is 0 Å². The number of nitrogens with zero attached hydrogens (tertiary/aromatic N) is 2. The first-order chi connectivity index (χ1) is 8.54. The molecule has 0 atom stereocenters. The van der Waals surface area contributed by atoms with Crippen molar-refractivity contribution in [2.75, 3.05) is 12.8 Å². The highest BCUT2D eigenvalue weighted by Crippen LogP contribution is 2.31. The Hall–Kier alpha value is -2.10. The normalized spacial score (nSPS) is 10.4. The number of benzene rings is 1. The Balaban J connectivity index is 2.62. The standard InChI is InChI=1S/C14H17N3O/c1-8-5-11(6-9(2)13(8)18-4)12-10(3)14(15)17-7-16-12/h5-7H,1-4H3,(H2,15,16,17). The van der Waals surface area contributed by atoms with Gasteiger partial charge in [0.05, 0.1) is 12.8 Å². The second-order valence-electron chi connectivity index (χ2n) is 4.38. The van der Waals surface area contributed by atoms with Crippen LogP contribution in [-0.2, 0) is 0 Å². The lowest BCUT2D eigenvalue weighted by atomic mass is 10.0. The first kappa shape index (κ1) is 12.4. The van der Waals surface area contributed by atoms with Crippen molar-refractivity contribution in [3.05, 3.63) is 35.2 Å². The minimum Gasteiger partial charge on any atom is -0.496 e. The van der Waals surface area contributed by atoms with Crippen molar-refractivity contribution >= 4 is 5.82 Å². The third kappa shape index (κ3) is 2.01. The van der Waals surface area contributed by atoms with Crippen LogP contribution in [0.3, 0.4) is 0 Å². The van der Waals surface area contributed by atoms with Crippen LogP contribution >= 0.6 is 0 Å². The molecule has 4 nitrogen and oxygen atoms in total. The number of anilines is 1. The molecule has 2 rings (SSSR count). The molecular formula is C14H17N3O. The van der Waals surface area contributed by atoms with E-state index in [2.05, 4.69) is 22.1 Å². The molecule has 18 heavy (non-hydrogen) atoms. The van der Waals surface area contributed by atoms with E-state index in [0.29, 0.717) is 5.82 Å². The van der Waals surface area contributed by atoms with Gasteiger partial charge in [0.2, 0.25) is 0 Å². The van der Waals surface area contributed by atoms with Crippen molar-refractivity contribution in [1.29, 1.82) is 0 Å². The number of methoxy groups -OCH3 is 1. The zero-order chi connectivity index (χ0) is 13.3. The summed E-state index contributed by atoms with van der Waals surface area (Å²) >= 11 is 0. The molecule has 0 aliphatic heterocycles. The summed E-state index contributed by atoms with van der Waals surface area (Å²) in [6.45, 7) is 5.98. The van der Waals surface area contributed by atoms with Gasteiger partial charge in [-0.1, -0.05) is 0 Å². The van der Waals surface area contributed by atoms with E-state index in [1.54, 1.807) is 7.11 Å². The minimum atomic E-state index is 0.520. The zero-order valence-corrected chi connectivity index (χ0v) is 11.1. The predicted molar refractivity (Wildman–Crippen MR) is 72.6 cm³/mol. The summed E-state index contributed by atoms with van der Waals surface area (Å²) in [5, 5.41) is 0. The molecule has 0 amide bonds. The molecule has 0 bridgehead atoms. The van der Waals surface area contributed by atoms with Crippen LogP contribution in [0.5, 0.6) is 5.75 Å². The lowest BCUT2D eigenvalue weighted by Gasteiger charge is -2.12. The molecule has 4 heteroatoms. The summed E-state index contributed by atoms with van der Waals surface area (Å²) in [6.07, 6.45) is 1.49. The van der Waals surface area contributed by atoms with Gasteiger partial charge in [0.25, 0.3) is 0 Å². The monoisotopic (exact) mass is 243 g/mol.